The summed E-state index contributed by atoms with van der Waals surface area (Å²) >= 11 is 0. The first kappa shape index (κ1) is 16.8. The van der Waals surface area contributed by atoms with E-state index in [4.69, 9.17) is 15.9 Å². The Morgan fingerprint density at radius 2 is 2.14 bits per heavy atom. The highest BCUT2D eigenvalue weighted by molar-refractivity contribution is 4.88. The lowest BCUT2D eigenvalue weighted by Crippen LogP contribution is -2.39. The number of hydrogen-bond acceptors (Lipinski definition) is 3. The van der Waals surface area contributed by atoms with E-state index in [9.17, 15) is 5.11 Å². The van der Waals surface area contributed by atoms with Crippen LogP contribution in [0.1, 0.15) is 52.4 Å². The molecule has 0 spiro atoms. The molecule has 2 fully saturated rings. The van der Waals surface area contributed by atoms with Gasteiger partial charge in [0.25, 0.3) is 0 Å². The van der Waals surface area contributed by atoms with Crippen molar-refractivity contribution >= 4 is 0 Å². The van der Waals surface area contributed by atoms with Gasteiger partial charge in [-0.3, -0.25) is 0 Å². The summed E-state index contributed by atoms with van der Waals surface area (Å²) < 4.78 is 11.5. The van der Waals surface area contributed by atoms with E-state index in [1.165, 1.54) is 32.1 Å². The molecule has 3 heteroatoms. The zero-order valence-corrected chi connectivity index (χ0v) is 13.5. The van der Waals surface area contributed by atoms with Crippen LogP contribution in [0.5, 0.6) is 0 Å². The molecular weight excluding hydrogens is 264 g/mol. The van der Waals surface area contributed by atoms with Gasteiger partial charge in [0.2, 0.25) is 0 Å². The van der Waals surface area contributed by atoms with E-state index in [1.54, 1.807) is 0 Å². The van der Waals surface area contributed by atoms with Gasteiger partial charge in [0.15, 0.2) is 6.29 Å². The predicted octanol–water partition coefficient (Wildman–Crippen LogP) is 3.21. The van der Waals surface area contributed by atoms with Crippen molar-refractivity contribution < 1.29 is 14.6 Å². The molecule has 0 bridgehead atoms. The van der Waals surface area contributed by atoms with Gasteiger partial charge in [0.1, 0.15) is 0 Å². The second-order valence-corrected chi connectivity index (χ2v) is 6.81. The number of aliphatic hydroxyl groups is 1. The monoisotopic (exact) mass is 294 g/mol. The van der Waals surface area contributed by atoms with E-state index in [0.717, 1.165) is 12.5 Å². The molecule has 21 heavy (non-hydrogen) atoms. The molecular formula is C18H30O3. The van der Waals surface area contributed by atoms with Crippen molar-refractivity contribution in [3.63, 3.8) is 0 Å². The van der Waals surface area contributed by atoms with Crippen LogP contribution < -0.4 is 0 Å². The highest BCUT2D eigenvalue weighted by Gasteiger charge is 2.40. The lowest BCUT2D eigenvalue weighted by molar-refractivity contribution is -0.154. The minimum absolute atomic E-state index is 0.146. The van der Waals surface area contributed by atoms with Crippen molar-refractivity contribution in [1.82, 2.24) is 0 Å². The van der Waals surface area contributed by atoms with Crippen LogP contribution in [0.2, 0.25) is 0 Å². The molecule has 0 radical (unpaired) electrons. The third-order valence-corrected chi connectivity index (χ3v) is 5.45. The summed E-state index contributed by atoms with van der Waals surface area (Å²) in [5.74, 6) is 4.52. The second kappa shape index (κ2) is 8.17. The fourth-order valence-electron chi connectivity index (χ4n) is 4.07. The van der Waals surface area contributed by atoms with E-state index in [1.807, 2.05) is 0 Å². The molecule has 2 rings (SSSR count). The molecule has 0 aromatic carbocycles. The molecule has 1 N–H and O–H groups in total. The fourth-order valence-corrected chi connectivity index (χ4v) is 4.07. The Kier molecular flexibility index (Phi) is 6.54. The predicted molar refractivity (Wildman–Crippen MR) is 83.5 cm³/mol. The van der Waals surface area contributed by atoms with Crippen LogP contribution in [-0.4, -0.2) is 30.7 Å². The summed E-state index contributed by atoms with van der Waals surface area (Å²) in [5.41, 5.74) is 0. The summed E-state index contributed by atoms with van der Waals surface area (Å²) in [5, 5.41) is 10.3. The maximum absolute atomic E-state index is 10.3. The fraction of sp³-hybridized carbons (Fsp3) is 0.889. The van der Waals surface area contributed by atoms with Crippen LogP contribution in [0.25, 0.3) is 0 Å². The normalized spacial score (nSPS) is 36.1. The third-order valence-electron chi connectivity index (χ3n) is 5.45. The zero-order valence-electron chi connectivity index (χ0n) is 13.5. The van der Waals surface area contributed by atoms with Crippen molar-refractivity contribution in [2.75, 3.05) is 13.2 Å². The Hall–Kier alpha value is -0.560. The average Bonchev–Trinajstić information content (AvgIpc) is 2.68. The first-order chi connectivity index (χ1) is 10.1. The summed E-state index contributed by atoms with van der Waals surface area (Å²) in [6.07, 6.45) is 11.6. The summed E-state index contributed by atoms with van der Waals surface area (Å²) in [7, 11) is 0. The molecule has 120 valence electrons. The minimum atomic E-state index is -0.706. The molecule has 1 saturated carbocycles. The van der Waals surface area contributed by atoms with Crippen LogP contribution in [0.15, 0.2) is 0 Å². The van der Waals surface area contributed by atoms with Gasteiger partial charge >= 0.3 is 0 Å². The lowest BCUT2D eigenvalue weighted by Gasteiger charge is -2.41. The van der Waals surface area contributed by atoms with Crippen molar-refractivity contribution in [2.24, 2.45) is 23.7 Å². The Morgan fingerprint density at radius 1 is 1.33 bits per heavy atom. The minimum Gasteiger partial charge on any atom is -0.378 e. The summed E-state index contributed by atoms with van der Waals surface area (Å²) in [6, 6.07) is 0. The van der Waals surface area contributed by atoms with Gasteiger partial charge in [-0.15, -0.1) is 12.3 Å². The molecule has 0 aromatic rings. The van der Waals surface area contributed by atoms with E-state index >= 15 is 0 Å². The van der Waals surface area contributed by atoms with E-state index in [2.05, 4.69) is 19.8 Å². The molecule has 1 aliphatic carbocycles. The summed E-state index contributed by atoms with van der Waals surface area (Å²) in [6.45, 7) is 5.57. The van der Waals surface area contributed by atoms with Crippen molar-refractivity contribution in [3.05, 3.63) is 0 Å². The quantitative estimate of drug-likeness (QED) is 0.481. The molecule has 1 saturated heterocycles. The van der Waals surface area contributed by atoms with Gasteiger partial charge in [0, 0.05) is 12.3 Å². The van der Waals surface area contributed by atoms with Gasteiger partial charge in [-0.2, -0.15) is 0 Å². The zero-order chi connectivity index (χ0) is 15.2. The molecule has 3 unspecified atom stereocenters. The topological polar surface area (TPSA) is 38.7 Å². The van der Waals surface area contributed by atoms with Gasteiger partial charge in [0.05, 0.1) is 19.3 Å². The van der Waals surface area contributed by atoms with Gasteiger partial charge in [-0.25, -0.2) is 0 Å². The van der Waals surface area contributed by atoms with Crippen molar-refractivity contribution in [2.45, 2.75) is 64.8 Å². The highest BCUT2D eigenvalue weighted by Crippen LogP contribution is 2.44. The third kappa shape index (κ3) is 4.45. The molecule has 6 atom stereocenters. The number of fused-ring (bicyclic) bond motifs is 1. The summed E-state index contributed by atoms with van der Waals surface area (Å²) in [4.78, 5) is 0. The van der Waals surface area contributed by atoms with Crippen LogP contribution >= 0.6 is 0 Å². The van der Waals surface area contributed by atoms with Crippen LogP contribution in [0, 0.1) is 36.0 Å². The first-order valence-corrected chi connectivity index (χ1v) is 8.48. The standard InChI is InChI=1S/C18H30O3/c1-4-5-11-20-18(19)14(3)16-8-6-7-15-10-9-13(2)21-12-17(15)16/h1,13-19H,5-12H2,2-3H3/t13?,14?,15-,16+,17?,18+/m1/s1. The van der Waals surface area contributed by atoms with Gasteiger partial charge in [-0.05, 0) is 43.9 Å². The van der Waals surface area contributed by atoms with Gasteiger partial charge < -0.3 is 14.6 Å². The van der Waals surface area contributed by atoms with Gasteiger partial charge in [-0.1, -0.05) is 19.8 Å². The number of rotatable bonds is 5. The lowest BCUT2D eigenvalue weighted by atomic mass is 9.66. The number of ether oxygens (including phenoxy) is 2. The SMILES string of the molecule is C#CCCO[C@H](O)C(C)[C@@H]1CCC[C@@H]2CCC(C)OCC21. The first-order valence-electron chi connectivity index (χ1n) is 8.48. The number of aliphatic hydroxyl groups excluding tert-OH is 1. The van der Waals surface area contributed by atoms with Crippen LogP contribution in [0.4, 0.5) is 0 Å². The maximum Gasteiger partial charge on any atom is 0.157 e. The number of hydrogen-bond donors (Lipinski definition) is 1. The van der Waals surface area contributed by atoms with E-state index in [0.29, 0.717) is 31.0 Å². The van der Waals surface area contributed by atoms with Crippen molar-refractivity contribution in [1.29, 1.82) is 0 Å². The highest BCUT2D eigenvalue weighted by atomic mass is 16.6. The maximum atomic E-state index is 10.3. The smallest absolute Gasteiger partial charge is 0.157 e. The Labute approximate surface area is 129 Å². The molecule has 1 aliphatic heterocycles. The molecule has 0 amide bonds. The Morgan fingerprint density at radius 3 is 2.90 bits per heavy atom. The average molecular weight is 294 g/mol. The van der Waals surface area contributed by atoms with E-state index in [-0.39, 0.29) is 5.92 Å². The van der Waals surface area contributed by atoms with Crippen LogP contribution in [0.3, 0.4) is 0 Å². The van der Waals surface area contributed by atoms with Crippen LogP contribution in [-0.2, 0) is 9.47 Å². The number of terminal acetylenes is 1. The van der Waals surface area contributed by atoms with Crippen molar-refractivity contribution in [3.8, 4) is 12.3 Å². The second-order valence-electron chi connectivity index (χ2n) is 6.81. The molecule has 1 heterocycles. The Balaban J connectivity index is 1.95. The van der Waals surface area contributed by atoms with E-state index < -0.39 is 6.29 Å². The molecule has 0 aromatic heterocycles. The molecule has 2 aliphatic rings. The Bertz CT molecular complexity index is 349. The largest absolute Gasteiger partial charge is 0.378 e. The molecule has 3 nitrogen and oxygen atoms in total.